The first kappa shape index (κ1) is 10.7. The van der Waals surface area contributed by atoms with Crippen LogP contribution in [0.5, 0.6) is 0 Å². The molecule has 0 spiro atoms. The number of aromatic nitrogens is 1. The maximum atomic E-state index is 4.25. The maximum absolute atomic E-state index is 4.25. The van der Waals surface area contributed by atoms with Crippen molar-refractivity contribution < 1.29 is 0 Å². The number of benzene rings is 1. The summed E-state index contributed by atoms with van der Waals surface area (Å²) in [5.74, 6) is 0. The molecule has 2 heterocycles. The normalized spacial score (nSPS) is 13.4. The molecule has 1 aliphatic rings. The number of hydrogen-bond acceptors (Lipinski definition) is 4. The van der Waals surface area contributed by atoms with Crippen LogP contribution in [0.3, 0.4) is 0 Å². The van der Waals surface area contributed by atoms with Crippen molar-refractivity contribution in [3.8, 4) is 0 Å². The van der Waals surface area contributed by atoms with Crippen LogP contribution in [0.2, 0.25) is 0 Å². The first-order chi connectivity index (χ1) is 8.42. The molecule has 3 nitrogen and oxygen atoms in total. The van der Waals surface area contributed by atoms with Gasteiger partial charge < -0.3 is 10.6 Å². The largest absolute Gasteiger partial charge is 0.384 e. The zero-order valence-corrected chi connectivity index (χ0v) is 10.4. The van der Waals surface area contributed by atoms with E-state index >= 15 is 0 Å². The van der Waals surface area contributed by atoms with E-state index in [0.717, 1.165) is 31.1 Å². The van der Waals surface area contributed by atoms with Crippen LogP contribution in [0, 0.1) is 0 Å². The van der Waals surface area contributed by atoms with Crippen molar-refractivity contribution in [2.24, 2.45) is 0 Å². The summed E-state index contributed by atoms with van der Waals surface area (Å²) in [6.07, 6.45) is 3.00. The van der Waals surface area contributed by atoms with Crippen LogP contribution in [-0.2, 0) is 19.5 Å². The molecule has 0 aliphatic carbocycles. The van der Waals surface area contributed by atoms with Gasteiger partial charge in [-0.1, -0.05) is 12.1 Å². The van der Waals surface area contributed by atoms with E-state index < -0.39 is 0 Å². The standard InChI is InChI=1S/C13H15N3S/c1-2-12-11(3-4-15-12)7-10(1)8-14-9-13-16-5-6-17-13/h1-2,5-7,14-15H,3-4,8-9H2. The van der Waals surface area contributed by atoms with E-state index in [9.17, 15) is 0 Å². The highest BCUT2D eigenvalue weighted by molar-refractivity contribution is 7.09. The molecular formula is C13H15N3S. The predicted molar refractivity (Wildman–Crippen MR) is 71.3 cm³/mol. The van der Waals surface area contributed by atoms with Crippen LogP contribution in [0.4, 0.5) is 5.69 Å². The van der Waals surface area contributed by atoms with Gasteiger partial charge in [0.25, 0.3) is 0 Å². The monoisotopic (exact) mass is 245 g/mol. The van der Waals surface area contributed by atoms with E-state index in [1.807, 2.05) is 11.6 Å². The van der Waals surface area contributed by atoms with E-state index in [1.165, 1.54) is 16.8 Å². The van der Waals surface area contributed by atoms with Gasteiger partial charge in [-0.25, -0.2) is 4.98 Å². The van der Waals surface area contributed by atoms with Crippen LogP contribution in [0.1, 0.15) is 16.1 Å². The van der Waals surface area contributed by atoms with Gasteiger partial charge >= 0.3 is 0 Å². The lowest BCUT2D eigenvalue weighted by Gasteiger charge is -2.05. The molecule has 0 fully saturated rings. The molecular weight excluding hydrogens is 230 g/mol. The topological polar surface area (TPSA) is 37.0 Å². The Hall–Kier alpha value is -1.39. The lowest BCUT2D eigenvalue weighted by molar-refractivity contribution is 0.689. The lowest BCUT2D eigenvalue weighted by atomic mass is 10.1. The van der Waals surface area contributed by atoms with Gasteiger partial charge in [-0.2, -0.15) is 0 Å². The Kier molecular flexibility index (Phi) is 3.07. The molecule has 0 atom stereocenters. The average molecular weight is 245 g/mol. The fourth-order valence-electron chi connectivity index (χ4n) is 2.12. The van der Waals surface area contributed by atoms with Crippen molar-refractivity contribution in [2.45, 2.75) is 19.5 Å². The zero-order valence-electron chi connectivity index (χ0n) is 9.57. The van der Waals surface area contributed by atoms with E-state index in [0.29, 0.717) is 0 Å². The molecule has 1 aliphatic heterocycles. The summed E-state index contributed by atoms with van der Waals surface area (Å²) >= 11 is 1.69. The number of nitrogens with zero attached hydrogens (tertiary/aromatic N) is 1. The molecule has 17 heavy (non-hydrogen) atoms. The van der Waals surface area contributed by atoms with Gasteiger partial charge in [0, 0.05) is 36.9 Å². The van der Waals surface area contributed by atoms with Crippen molar-refractivity contribution in [3.05, 3.63) is 45.9 Å². The Balaban J connectivity index is 1.58. The molecule has 88 valence electrons. The zero-order chi connectivity index (χ0) is 11.5. The van der Waals surface area contributed by atoms with E-state index in [-0.39, 0.29) is 0 Å². The molecule has 0 saturated carbocycles. The minimum Gasteiger partial charge on any atom is -0.384 e. The summed E-state index contributed by atoms with van der Waals surface area (Å²) in [4.78, 5) is 4.25. The van der Waals surface area contributed by atoms with Gasteiger partial charge in [0.15, 0.2) is 0 Å². The fourth-order valence-corrected chi connectivity index (χ4v) is 2.71. The van der Waals surface area contributed by atoms with Gasteiger partial charge in [-0.15, -0.1) is 11.3 Å². The first-order valence-corrected chi connectivity index (χ1v) is 6.74. The predicted octanol–water partition coefficient (Wildman–Crippen LogP) is 2.40. The Morgan fingerprint density at radius 2 is 2.35 bits per heavy atom. The van der Waals surface area contributed by atoms with Crippen LogP contribution in [-0.4, -0.2) is 11.5 Å². The second-order valence-corrected chi connectivity index (χ2v) is 5.18. The Morgan fingerprint density at radius 1 is 1.35 bits per heavy atom. The molecule has 2 aromatic rings. The quantitative estimate of drug-likeness (QED) is 0.868. The molecule has 0 radical (unpaired) electrons. The molecule has 2 N–H and O–H groups in total. The van der Waals surface area contributed by atoms with Gasteiger partial charge in [-0.05, 0) is 23.6 Å². The highest BCUT2D eigenvalue weighted by atomic mass is 32.1. The summed E-state index contributed by atoms with van der Waals surface area (Å²) in [6, 6.07) is 6.67. The smallest absolute Gasteiger partial charge is 0.106 e. The summed E-state index contributed by atoms with van der Waals surface area (Å²) in [6.45, 7) is 2.84. The molecule has 0 saturated heterocycles. The third-order valence-electron chi connectivity index (χ3n) is 2.97. The van der Waals surface area contributed by atoms with Crippen LogP contribution in [0.25, 0.3) is 0 Å². The highest BCUT2D eigenvalue weighted by Gasteiger charge is 2.09. The van der Waals surface area contributed by atoms with Crippen molar-refractivity contribution in [1.29, 1.82) is 0 Å². The first-order valence-electron chi connectivity index (χ1n) is 5.86. The second kappa shape index (κ2) is 4.85. The van der Waals surface area contributed by atoms with Gasteiger partial charge in [0.05, 0.1) is 0 Å². The number of rotatable bonds is 4. The number of nitrogens with one attached hydrogen (secondary N) is 2. The van der Waals surface area contributed by atoms with Crippen molar-refractivity contribution in [3.63, 3.8) is 0 Å². The highest BCUT2D eigenvalue weighted by Crippen LogP contribution is 2.22. The summed E-state index contributed by atoms with van der Waals surface area (Å²) in [5, 5.41) is 9.96. The molecule has 1 aromatic heterocycles. The molecule has 1 aromatic carbocycles. The number of hydrogen-bond donors (Lipinski definition) is 2. The molecule has 3 rings (SSSR count). The Morgan fingerprint density at radius 3 is 3.24 bits per heavy atom. The molecule has 4 heteroatoms. The van der Waals surface area contributed by atoms with Gasteiger partial charge in [0.1, 0.15) is 5.01 Å². The third kappa shape index (κ3) is 2.48. The second-order valence-electron chi connectivity index (χ2n) is 4.20. The van der Waals surface area contributed by atoms with E-state index in [1.54, 1.807) is 11.3 Å². The Bertz CT molecular complexity index is 493. The van der Waals surface area contributed by atoms with Crippen molar-refractivity contribution in [1.82, 2.24) is 10.3 Å². The Labute approximate surface area is 105 Å². The molecule has 0 unspecified atom stereocenters. The lowest BCUT2D eigenvalue weighted by Crippen LogP contribution is -2.12. The van der Waals surface area contributed by atoms with E-state index in [2.05, 4.69) is 33.8 Å². The summed E-state index contributed by atoms with van der Waals surface area (Å²) < 4.78 is 0. The van der Waals surface area contributed by atoms with E-state index in [4.69, 9.17) is 0 Å². The van der Waals surface area contributed by atoms with Crippen LogP contribution < -0.4 is 10.6 Å². The number of thiazole rings is 1. The van der Waals surface area contributed by atoms with Crippen LogP contribution >= 0.6 is 11.3 Å². The summed E-state index contributed by atoms with van der Waals surface area (Å²) in [7, 11) is 0. The number of fused-ring (bicyclic) bond motifs is 1. The van der Waals surface area contributed by atoms with Gasteiger partial charge in [-0.3, -0.25) is 0 Å². The van der Waals surface area contributed by atoms with Crippen molar-refractivity contribution in [2.75, 3.05) is 11.9 Å². The molecule has 0 bridgehead atoms. The summed E-state index contributed by atoms with van der Waals surface area (Å²) in [5.41, 5.74) is 4.09. The number of anilines is 1. The van der Waals surface area contributed by atoms with Crippen molar-refractivity contribution >= 4 is 17.0 Å². The maximum Gasteiger partial charge on any atom is 0.106 e. The minimum absolute atomic E-state index is 0.854. The van der Waals surface area contributed by atoms with Crippen LogP contribution in [0.15, 0.2) is 29.8 Å². The third-order valence-corrected chi connectivity index (χ3v) is 3.75. The average Bonchev–Trinajstić information content (AvgIpc) is 2.98. The van der Waals surface area contributed by atoms with Gasteiger partial charge in [0.2, 0.25) is 0 Å². The fraction of sp³-hybridized carbons (Fsp3) is 0.308. The molecule has 0 amide bonds. The minimum atomic E-state index is 0.854. The SMILES string of the molecule is c1csc(CNCc2ccc3c(c2)CCN3)n1.